The molecule has 29 heavy (non-hydrogen) atoms. The molecule has 0 spiro atoms. The van der Waals surface area contributed by atoms with Crippen LogP contribution in [-0.4, -0.2) is 27.8 Å². The van der Waals surface area contributed by atoms with E-state index in [1.165, 1.54) is 31.0 Å². The fourth-order valence-electron chi connectivity index (χ4n) is 3.20. The van der Waals surface area contributed by atoms with Gasteiger partial charge in [-0.25, -0.2) is 4.98 Å². The molecular weight excluding hydrogens is 382 g/mol. The molecule has 5 nitrogen and oxygen atoms in total. The smallest absolute Gasteiger partial charge is 0.234 e. The molecule has 0 bridgehead atoms. The summed E-state index contributed by atoms with van der Waals surface area (Å²) in [5.41, 5.74) is 2.89. The van der Waals surface area contributed by atoms with Gasteiger partial charge in [0.15, 0.2) is 5.16 Å². The fourth-order valence-corrected chi connectivity index (χ4v) is 4.05. The molecule has 1 heterocycles. The van der Waals surface area contributed by atoms with Gasteiger partial charge in [-0.3, -0.25) is 4.79 Å². The fraction of sp³-hybridized carbons (Fsp3) is 0.391. The average molecular weight is 412 g/mol. The third kappa shape index (κ3) is 6.00. The second-order valence-corrected chi connectivity index (χ2v) is 7.83. The van der Waals surface area contributed by atoms with E-state index >= 15 is 0 Å². The van der Waals surface area contributed by atoms with Crippen LogP contribution in [0.2, 0.25) is 0 Å². The van der Waals surface area contributed by atoms with E-state index in [2.05, 4.69) is 22.9 Å². The van der Waals surface area contributed by atoms with E-state index in [0.29, 0.717) is 12.4 Å². The van der Waals surface area contributed by atoms with E-state index in [9.17, 15) is 4.79 Å². The second kappa shape index (κ2) is 10.9. The van der Waals surface area contributed by atoms with Gasteiger partial charge in [0.25, 0.3) is 0 Å². The van der Waals surface area contributed by atoms with Crippen molar-refractivity contribution in [3.05, 3.63) is 48.5 Å². The lowest BCUT2D eigenvalue weighted by molar-refractivity contribution is -0.113. The third-order valence-electron chi connectivity index (χ3n) is 4.64. The number of ether oxygens (including phenoxy) is 1. The van der Waals surface area contributed by atoms with Crippen LogP contribution in [-0.2, 0) is 11.3 Å². The molecule has 2 aromatic carbocycles. The van der Waals surface area contributed by atoms with E-state index < -0.39 is 0 Å². The van der Waals surface area contributed by atoms with Crippen LogP contribution in [0, 0.1) is 0 Å². The van der Waals surface area contributed by atoms with Crippen molar-refractivity contribution in [1.29, 1.82) is 0 Å². The third-order valence-corrected chi connectivity index (χ3v) is 5.61. The van der Waals surface area contributed by atoms with E-state index in [4.69, 9.17) is 9.72 Å². The molecule has 0 atom stereocenters. The molecule has 1 amide bonds. The van der Waals surface area contributed by atoms with E-state index in [-0.39, 0.29) is 5.91 Å². The average Bonchev–Trinajstić information content (AvgIpc) is 3.09. The van der Waals surface area contributed by atoms with E-state index in [0.717, 1.165) is 40.6 Å². The minimum atomic E-state index is -0.0382. The van der Waals surface area contributed by atoms with Crippen molar-refractivity contribution in [1.82, 2.24) is 9.55 Å². The number of imidazole rings is 1. The summed E-state index contributed by atoms with van der Waals surface area (Å²) in [5, 5.41) is 3.85. The Balaban J connectivity index is 1.62. The van der Waals surface area contributed by atoms with Crippen LogP contribution in [0.5, 0.6) is 5.75 Å². The number of hydrogen-bond acceptors (Lipinski definition) is 4. The van der Waals surface area contributed by atoms with Crippen molar-refractivity contribution in [2.45, 2.75) is 51.2 Å². The molecule has 6 heteroatoms. The van der Waals surface area contributed by atoms with Gasteiger partial charge in [-0.05, 0) is 49.7 Å². The molecule has 1 N–H and O–H groups in total. The summed E-state index contributed by atoms with van der Waals surface area (Å²) in [6.07, 6.45) is 4.81. The summed E-state index contributed by atoms with van der Waals surface area (Å²) in [7, 11) is 0. The van der Waals surface area contributed by atoms with Crippen LogP contribution < -0.4 is 10.1 Å². The van der Waals surface area contributed by atoms with Gasteiger partial charge < -0.3 is 14.6 Å². The Morgan fingerprint density at radius 1 is 1.07 bits per heavy atom. The minimum Gasteiger partial charge on any atom is -0.494 e. The Hall–Kier alpha value is -2.47. The molecule has 1 aromatic heterocycles. The summed E-state index contributed by atoms with van der Waals surface area (Å²) in [5.74, 6) is 1.09. The number of para-hydroxylation sites is 2. The van der Waals surface area contributed by atoms with E-state index in [1.807, 2.05) is 49.4 Å². The molecule has 3 aromatic rings. The molecule has 0 saturated heterocycles. The SMILES string of the molecule is CCCCCCn1c(SCC(=O)Nc2ccc(OCC)cc2)nc2ccccc21. The predicted octanol–water partition coefficient (Wildman–Crippen LogP) is 5.75. The largest absolute Gasteiger partial charge is 0.494 e. The van der Waals surface area contributed by atoms with Gasteiger partial charge >= 0.3 is 0 Å². The first-order chi connectivity index (χ1) is 14.2. The van der Waals surface area contributed by atoms with E-state index in [1.54, 1.807) is 0 Å². The maximum atomic E-state index is 12.4. The van der Waals surface area contributed by atoms with Crippen molar-refractivity contribution >= 4 is 34.4 Å². The summed E-state index contributed by atoms with van der Waals surface area (Å²) in [6, 6.07) is 15.6. The Labute approximate surface area is 176 Å². The van der Waals surface area contributed by atoms with Crippen molar-refractivity contribution in [3.63, 3.8) is 0 Å². The van der Waals surface area contributed by atoms with Crippen LogP contribution in [0.25, 0.3) is 11.0 Å². The highest BCUT2D eigenvalue weighted by atomic mass is 32.2. The highest BCUT2D eigenvalue weighted by Gasteiger charge is 2.13. The first kappa shape index (κ1) is 21.2. The molecule has 0 aliphatic heterocycles. The number of amides is 1. The lowest BCUT2D eigenvalue weighted by Crippen LogP contribution is -2.14. The van der Waals surface area contributed by atoms with Gasteiger partial charge in [-0.1, -0.05) is 50.1 Å². The van der Waals surface area contributed by atoms with Gasteiger partial charge in [0.2, 0.25) is 5.91 Å². The number of aryl methyl sites for hydroxylation is 1. The van der Waals surface area contributed by atoms with Crippen LogP contribution >= 0.6 is 11.8 Å². The molecular formula is C23H29N3O2S. The lowest BCUT2D eigenvalue weighted by Gasteiger charge is -2.09. The zero-order valence-electron chi connectivity index (χ0n) is 17.2. The Kier molecular flexibility index (Phi) is 7.99. The number of anilines is 1. The van der Waals surface area contributed by atoms with Crippen LogP contribution in [0.3, 0.4) is 0 Å². The number of fused-ring (bicyclic) bond motifs is 1. The first-order valence-corrected chi connectivity index (χ1v) is 11.3. The molecule has 0 aliphatic carbocycles. The van der Waals surface area contributed by atoms with Crippen molar-refractivity contribution in [2.24, 2.45) is 0 Å². The maximum absolute atomic E-state index is 12.4. The van der Waals surface area contributed by atoms with Crippen molar-refractivity contribution in [3.8, 4) is 5.75 Å². The molecule has 0 radical (unpaired) electrons. The zero-order chi connectivity index (χ0) is 20.5. The summed E-state index contributed by atoms with van der Waals surface area (Å²) < 4.78 is 7.68. The highest BCUT2D eigenvalue weighted by Crippen LogP contribution is 2.25. The first-order valence-electron chi connectivity index (χ1n) is 10.3. The number of nitrogens with one attached hydrogen (secondary N) is 1. The summed E-state index contributed by atoms with van der Waals surface area (Å²) >= 11 is 1.49. The van der Waals surface area contributed by atoms with Gasteiger partial charge in [0.05, 0.1) is 23.4 Å². The van der Waals surface area contributed by atoms with Gasteiger partial charge in [0, 0.05) is 12.2 Å². The number of nitrogens with zero attached hydrogens (tertiary/aromatic N) is 2. The standard InChI is InChI=1S/C23H29N3O2S/c1-3-5-6-9-16-26-21-11-8-7-10-20(21)25-23(26)29-17-22(27)24-18-12-14-19(15-13-18)28-4-2/h7-8,10-15H,3-6,9,16-17H2,1-2H3,(H,24,27). The molecule has 0 saturated carbocycles. The molecule has 0 aliphatic rings. The number of thioether (sulfide) groups is 1. The Bertz CT molecular complexity index is 922. The highest BCUT2D eigenvalue weighted by molar-refractivity contribution is 7.99. The van der Waals surface area contributed by atoms with Gasteiger partial charge in [0.1, 0.15) is 5.75 Å². The van der Waals surface area contributed by atoms with Gasteiger partial charge in [-0.15, -0.1) is 0 Å². The predicted molar refractivity (Wildman–Crippen MR) is 121 cm³/mol. The normalized spacial score (nSPS) is 11.0. The summed E-state index contributed by atoms with van der Waals surface area (Å²) in [4.78, 5) is 17.2. The number of carbonyl (C=O) groups excluding carboxylic acids is 1. The zero-order valence-corrected chi connectivity index (χ0v) is 18.0. The monoisotopic (exact) mass is 411 g/mol. The maximum Gasteiger partial charge on any atom is 0.234 e. The Morgan fingerprint density at radius 2 is 1.86 bits per heavy atom. The molecule has 154 valence electrons. The Morgan fingerprint density at radius 3 is 2.62 bits per heavy atom. The molecule has 0 fully saturated rings. The van der Waals surface area contributed by atoms with Crippen LogP contribution in [0.15, 0.2) is 53.7 Å². The van der Waals surface area contributed by atoms with Crippen LogP contribution in [0.4, 0.5) is 5.69 Å². The van der Waals surface area contributed by atoms with Gasteiger partial charge in [-0.2, -0.15) is 0 Å². The van der Waals surface area contributed by atoms with Crippen molar-refractivity contribution < 1.29 is 9.53 Å². The number of rotatable bonds is 11. The second-order valence-electron chi connectivity index (χ2n) is 6.89. The number of hydrogen-bond donors (Lipinski definition) is 1. The molecule has 0 unspecified atom stereocenters. The number of benzene rings is 2. The number of aromatic nitrogens is 2. The molecule has 3 rings (SSSR count). The summed E-state index contributed by atoms with van der Waals surface area (Å²) in [6.45, 7) is 5.73. The van der Waals surface area contributed by atoms with Crippen molar-refractivity contribution in [2.75, 3.05) is 17.7 Å². The topological polar surface area (TPSA) is 56.2 Å². The number of carbonyl (C=O) groups is 1. The quantitative estimate of drug-likeness (QED) is 0.323. The minimum absolute atomic E-state index is 0.0382. The number of unbranched alkanes of at least 4 members (excludes halogenated alkanes) is 3. The van der Waals surface area contributed by atoms with Crippen LogP contribution in [0.1, 0.15) is 39.5 Å². The lowest BCUT2D eigenvalue weighted by atomic mass is 10.2.